The van der Waals surface area contributed by atoms with Crippen molar-refractivity contribution in [3.8, 4) is 5.75 Å². The van der Waals surface area contributed by atoms with Crippen LogP contribution < -0.4 is 4.90 Å². The number of carbonyl (C=O) groups excluding carboxylic acids is 1. The molecule has 0 aromatic heterocycles. The maximum Gasteiger partial charge on any atom is 0.288 e. The van der Waals surface area contributed by atoms with Crippen LogP contribution in [0.3, 0.4) is 0 Å². The lowest BCUT2D eigenvalue weighted by Gasteiger charge is -2.36. The number of nitro groups is 1. The number of benzene rings is 2. The molecule has 1 N–H and O–H groups in total. The summed E-state index contributed by atoms with van der Waals surface area (Å²) in [5, 5.41) is 20.3. The van der Waals surface area contributed by atoms with Crippen LogP contribution in [0.2, 0.25) is 5.02 Å². The molecule has 0 radical (unpaired) electrons. The van der Waals surface area contributed by atoms with E-state index in [0.29, 0.717) is 26.2 Å². The largest absolute Gasteiger partial charge is 0.508 e. The van der Waals surface area contributed by atoms with E-state index < -0.39 is 4.92 Å². The number of hydrogen-bond acceptors (Lipinski definition) is 5. The van der Waals surface area contributed by atoms with Crippen LogP contribution in [0, 0.1) is 10.1 Å². The van der Waals surface area contributed by atoms with E-state index in [-0.39, 0.29) is 27.9 Å². The third kappa shape index (κ3) is 3.66. The fourth-order valence-electron chi connectivity index (χ4n) is 2.80. The van der Waals surface area contributed by atoms with E-state index in [0.717, 1.165) is 5.69 Å². The zero-order valence-electron chi connectivity index (χ0n) is 13.3. The molecule has 0 saturated carbocycles. The van der Waals surface area contributed by atoms with Gasteiger partial charge in [-0.2, -0.15) is 0 Å². The number of anilines is 1. The number of phenolic OH excluding ortho intramolecular Hbond substituents is 1. The second-order valence-corrected chi connectivity index (χ2v) is 6.13. The summed E-state index contributed by atoms with van der Waals surface area (Å²) in [4.78, 5) is 26.7. The average molecular weight is 362 g/mol. The third-order valence-corrected chi connectivity index (χ3v) is 4.49. The molecule has 0 aliphatic carbocycles. The Hall–Kier alpha value is -2.80. The van der Waals surface area contributed by atoms with E-state index in [9.17, 15) is 20.0 Å². The van der Waals surface area contributed by atoms with Crippen molar-refractivity contribution in [2.75, 3.05) is 31.1 Å². The van der Waals surface area contributed by atoms with Gasteiger partial charge < -0.3 is 14.9 Å². The summed E-state index contributed by atoms with van der Waals surface area (Å²) in [5.41, 5.74) is 0.969. The van der Waals surface area contributed by atoms with Gasteiger partial charge in [0.25, 0.3) is 11.6 Å². The maximum absolute atomic E-state index is 12.6. The van der Waals surface area contributed by atoms with Crippen LogP contribution in [-0.4, -0.2) is 47.0 Å². The summed E-state index contributed by atoms with van der Waals surface area (Å²) in [6.45, 7) is 2.31. The van der Waals surface area contributed by atoms with Gasteiger partial charge in [-0.15, -0.1) is 0 Å². The Kier molecular flexibility index (Phi) is 4.76. The monoisotopic (exact) mass is 361 g/mol. The Balaban J connectivity index is 1.68. The molecule has 0 bridgehead atoms. The third-order valence-electron chi connectivity index (χ3n) is 4.17. The van der Waals surface area contributed by atoms with Crippen molar-refractivity contribution in [1.29, 1.82) is 0 Å². The lowest BCUT2D eigenvalue weighted by molar-refractivity contribution is -0.384. The van der Waals surface area contributed by atoms with Crippen LogP contribution in [0.25, 0.3) is 0 Å². The minimum atomic E-state index is -0.595. The summed E-state index contributed by atoms with van der Waals surface area (Å²) in [7, 11) is 0. The van der Waals surface area contributed by atoms with Crippen LogP contribution in [0.1, 0.15) is 10.4 Å². The van der Waals surface area contributed by atoms with Crippen molar-refractivity contribution >= 4 is 28.9 Å². The van der Waals surface area contributed by atoms with E-state index in [1.807, 2.05) is 12.1 Å². The first-order valence-electron chi connectivity index (χ1n) is 7.73. The molecule has 25 heavy (non-hydrogen) atoms. The molecule has 7 nitrogen and oxygen atoms in total. The highest BCUT2D eigenvalue weighted by Crippen LogP contribution is 2.26. The topological polar surface area (TPSA) is 86.9 Å². The highest BCUT2D eigenvalue weighted by Gasteiger charge is 2.24. The zero-order chi connectivity index (χ0) is 18.0. The molecule has 3 rings (SSSR count). The Labute approximate surface area is 149 Å². The highest BCUT2D eigenvalue weighted by atomic mass is 35.5. The van der Waals surface area contributed by atoms with Crippen LogP contribution >= 0.6 is 11.6 Å². The molecule has 1 aliphatic heterocycles. The van der Waals surface area contributed by atoms with E-state index in [1.54, 1.807) is 17.0 Å². The predicted octanol–water partition coefficient (Wildman–Crippen LogP) is 2.92. The van der Waals surface area contributed by atoms with Gasteiger partial charge in [-0.3, -0.25) is 14.9 Å². The van der Waals surface area contributed by atoms with Gasteiger partial charge in [0.05, 0.1) is 4.92 Å². The molecular weight excluding hydrogens is 346 g/mol. The molecule has 1 amide bonds. The molecule has 8 heteroatoms. The summed E-state index contributed by atoms with van der Waals surface area (Å²) >= 11 is 5.79. The number of halogens is 1. The van der Waals surface area contributed by atoms with E-state index in [2.05, 4.69) is 4.90 Å². The van der Waals surface area contributed by atoms with Crippen molar-refractivity contribution < 1.29 is 14.8 Å². The first kappa shape index (κ1) is 17.0. The molecule has 1 fully saturated rings. The van der Waals surface area contributed by atoms with Gasteiger partial charge >= 0.3 is 0 Å². The number of hydrogen-bond donors (Lipinski definition) is 1. The number of phenols is 1. The van der Waals surface area contributed by atoms with Crippen LogP contribution in [-0.2, 0) is 0 Å². The second-order valence-electron chi connectivity index (χ2n) is 5.72. The molecule has 2 aromatic rings. The predicted molar refractivity (Wildman–Crippen MR) is 94.3 cm³/mol. The van der Waals surface area contributed by atoms with Crippen molar-refractivity contribution in [3.05, 3.63) is 63.2 Å². The molecule has 0 atom stereocenters. The number of nitro benzene ring substituents is 1. The van der Waals surface area contributed by atoms with Gasteiger partial charge in [-0.25, -0.2) is 0 Å². The Morgan fingerprint density at radius 1 is 1.08 bits per heavy atom. The summed E-state index contributed by atoms with van der Waals surface area (Å²) in [6, 6.07) is 11.0. The smallest absolute Gasteiger partial charge is 0.288 e. The van der Waals surface area contributed by atoms with Gasteiger partial charge in [0.1, 0.15) is 10.8 Å². The summed E-state index contributed by atoms with van der Waals surface area (Å²) < 4.78 is 0. The fraction of sp³-hybridized carbons (Fsp3) is 0.235. The Morgan fingerprint density at radius 3 is 2.32 bits per heavy atom. The number of amides is 1. The standard InChI is InChI=1S/C17H16ClN3O4/c18-15-6-1-12(11-16(15)21(24)25)17(23)20-9-7-19(8-10-20)13-2-4-14(22)5-3-13/h1-6,11,22H,7-10H2. The zero-order valence-corrected chi connectivity index (χ0v) is 14.0. The molecule has 0 spiro atoms. The maximum atomic E-state index is 12.6. The van der Waals surface area contributed by atoms with Crippen LogP contribution in [0.5, 0.6) is 5.75 Å². The second kappa shape index (κ2) is 6.98. The molecular formula is C17H16ClN3O4. The lowest BCUT2D eigenvalue weighted by atomic mass is 10.1. The minimum absolute atomic E-state index is 0.0127. The number of aromatic hydroxyl groups is 1. The number of nitrogens with zero attached hydrogens (tertiary/aromatic N) is 3. The minimum Gasteiger partial charge on any atom is -0.508 e. The summed E-state index contributed by atoms with van der Waals surface area (Å²) in [6.07, 6.45) is 0. The van der Waals surface area contributed by atoms with Gasteiger partial charge in [-0.05, 0) is 36.4 Å². The number of piperazine rings is 1. The Morgan fingerprint density at radius 2 is 1.72 bits per heavy atom. The van der Waals surface area contributed by atoms with E-state index in [1.165, 1.54) is 18.2 Å². The lowest BCUT2D eigenvalue weighted by Crippen LogP contribution is -2.48. The summed E-state index contributed by atoms with van der Waals surface area (Å²) in [5.74, 6) is -0.0352. The van der Waals surface area contributed by atoms with Gasteiger partial charge in [0, 0.05) is 43.5 Å². The fourth-order valence-corrected chi connectivity index (χ4v) is 2.99. The molecule has 1 aliphatic rings. The number of carbonyl (C=O) groups is 1. The van der Waals surface area contributed by atoms with Crippen molar-refractivity contribution in [2.24, 2.45) is 0 Å². The molecule has 1 saturated heterocycles. The van der Waals surface area contributed by atoms with E-state index >= 15 is 0 Å². The number of rotatable bonds is 3. The quantitative estimate of drug-likeness (QED) is 0.671. The van der Waals surface area contributed by atoms with Crippen molar-refractivity contribution in [1.82, 2.24) is 4.90 Å². The molecule has 1 heterocycles. The van der Waals surface area contributed by atoms with E-state index in [4.69, 9.17) is 11.6 Å². The highest BCUT2D eigenvalue weighted by molar-refractivity contribution is 6.32. The van der Waals surface area contributed by atoms with Crippen LogP contribution in [0.15, 0.2) is 42.5 Å². The van der Waals surface area contributed by atoms with Crippen molar-refractivity contribution in [3.63, 3.8) is 0 Å². The Bertz CT molecular complexity index is 802. The van der Waals surface area contributed by atoms with Gasteiger partial charge in [0.2, 0.25) is 0 Å². The van der Waals surface area contributed by atoms with Gasteiger partial charge in [0.15, 0.2) is 0 Å². The first-order chi connectivity index (χ1) is 12.0. The van der Waals surface area contributed by atoms with Crippen LogP contribution in [0.4, 0.5) is 11.4 Å². The molecule has 0 unspecified atom stereocenters. The van der Waals surface area contributed by atoms with Gasteiger partial charge in [-0.1, -0.05) is 11.6 Å². The first-order valence-corrected chi connectivity index (χ1v) is 8.10. The molecule has 130 valence electrons. The SMILES string of the molecule is O=C(c1ccc(Cl)c([N+](=O)[O-])c1)N1CCN(c2ccc(O)cc2)CC1. The van der Waals surface area contributed by atoms with Crippen molar-refractivity contribution in [2.45, 2.75) is 0 Å². The normalized spacial score (nSPS) is 14.4. The molecule has 2 aromatic carbocycles. The average Bonchev–Trinajstić information content (AvgIpc) is 2.62.